The van der Waals surface area contributed by atoms with Gasteiger partial charge in [0.1, 0.15) is 6.04 Å². The number of rotatable bonds is 8. The number of nitrogens with one attached hydrogen (secondary N) is 2. The molecule has 0 aliphatic carbocycles. The van der Waals surface area contributed by atoms with E-state index in [0.29, 0.717) is 6.54 Å². The highest BCUT2D eigenvalue weighted by molar-refractivity contribution is 5.83. The van der Waals surface area contributed by atoms with Crippen molar-refractivity contribution < 1.29 is 14.3 Å². The maximum absolute atomic E-state index is 11.9. The number of esters is 1. The molecule has 2 N–H and O–H groups in total. The Kier molecular flexibility index (Phi) is 8.04. The Morgan fingerprint density at radius 1 is 1.23 bits per heavy atom. The van der Waals surface area contributed by atoms with Crippen LogP contribution in [0.15, 0.2) is 30.3 Å². The van der Waals surface area contributed by atoms with Gasteiger partial charge in [0.05, 0.1) is 7.11 Å². The van der Waals surface area contributed by atoms with Crippen LogP contribution < -0.4 is 10.6 Å². The smallest absolute Gasteiger partial charge is 0.328 e. The summed E-state index contributed by atoms with van der Waals surface area (Å²) >= 11 is 0. The number of methoxy groups -OCH3 is 1. The first-order valence-corrected chi connectivity index (χ1v) is 7.74. The van der Waals surface area contributed by atoms with E-state index in [1.165, 1.54) is 12.7 Å². The van der Waals surface area contributed by atoms with E-state index in [0.717, 1.165) is 19.3 Å². The first-order valence-electron chi connectivity index (χ1n) is 7.74. The standard InChI is InChI=1S/C17H26N2O3/c1-4-13(2)15(16(20)22-3)19-17(21)18-12-8-11-14-9-6-5-7-10-14/h5-7,9-10,13,15H,4,8,11-12H2,1-3H3,(H2,18,19,21)/t13-,15+/m1/s1. The third-order valence-corrected chi connectivity index (χ3v) is 3.73. The van der Waals surface area contributed by atoms with Crippen LogP contribution in [0.3, 0.4) is 0 Å². The molecular weight excluding hydrogens is 280 g/mol. The highest BCUT2D eigenvalue weighted by atomic mass is 16.5. The van der Waals surface area contributed by atoms with Gasteiger partial charge >= 0.3 is 12.0 Å². The van der Waals surface area contributed by atoms with Gasteiger partial charge in [-0.15, -0.1) is 0 Å². The summed E-state index contributed by atoms with van der Waals surface area (Å²) in [5.41, 5.74) is 1.25. The largest absolute Gasteiger partial charge is 0.467 e. The minimum Gasteiger partial charge on any atom is -0.467 e. The lowest BCUT2D eigenvalue weighted by Gasteiger charge is -2.22. The van der Waals surface area contributed by atoms with Gasteiger partial charge in [0.2, 0.25) is 0 Å². The number of urea groups is 1. The minimum absolute atomic E-state index is 0.0301. The number of carbonyl (C=O) groups excluding carboxylic acids is 2. The van der Waals surface area contributed by atoms with Crippen molar-refractivity contribution in [3.8, 4) is 0 Å². The predicted octanol–water partition coefficient (Wildman–Crippen LogP) is 2.51. The third-order valence-electron chi connectivity index (χ3n) is 3.73. The number of aryl methyl sites for hydroxylation is 1. The summed E-state index contributed by atoms with van der Waals surface area (Å²) in [7, 11) is 1.33. The molecular formula is C17H26N2O3. The van der Waals surface area contributed by atoms with Crippen molar-refractivity contribution in [2.45, 2.75) is 39.2 Å². The van der Waals surface area contributed by atoms with Crippen LogP contribution in [-0.2, 0) is 16.0 Å². The van der Waals surface area contributed by atoms with Gasteiger partial charge in [0.15, 0.2) is 0 Å². The predicted molar refractivity (Wildman–Crippen MR) is 86.6 cm³/mol. The Morgan fingerprint density at radius 3 is 2.50 bits per heavy atom. The van der Waals surface area contributed by atoms with Crippen LogP contribution in [0.25, 0.3) is 0 Å². The Morgan fingerprint density at radius 2 is 1.91 bits per heavy atom. The molecule has 0 bridgehead atoms. The molecule has 2 amide bonds. The lowest BCUT2D eigenvalue weighted by atomic mass is 9.99. The molecule has 122 valence electrons. The summed E-state index contributed by atoms with van der Waals surface area (Å²) < 4.78 is 4.74. The quantitative estimate of drug-likeness (QED) is 0.573. The molecule has 0 unspecified atom stereocenters. The molecule has 0 heterocycles. The molecule has 0 saturated carbocycles. The zero-order valence-corrected chi connectivity index (χ0v) is 13.6. The molecule has 0 aliphatic heterocycles. The highest BCUT2D eigenvalue weighted by Crippen LogP contribution is 2.09. The Balaban J connectivity index is 2.33. The van der Waals surface area contributed by atoms with Crippen molar-refractivity contribution in [3.05, 3.63) is 35.9 Å². The van der Waals surface area contributed by atoms with Crippen molar-refractivity contribution in [3.63, 3.8) is 0 Å². The second kappa shape index (κ2) is 9.82. The Bertz CT molecular complexity index is 462. The lowest BCUT2D eigenvalue weighted by molar-refractivity contribution is -0.144. The summed E-state index contributed by atoms with van der Waals surface area (Å²) in [5.74, 6) is -0.378. The fourth-order valence-electron chi connectivity index (χ4n) is 2.13. The van der Waals surface area contributed by atoms with Crippen LogP contribution in [0.4, 0.5) is 4.79 Å². The maximum Gasteiger partial charge on any atom is 0.328 e. The van der Waals surface area contributed by atoms with Crippen LogP contribution in [0.5, 0.6) is 0 Å². The number of ether oxygens (including phenoxy) is 1. The number of hydrogen-bond acceptors (Lipinski definition) is 3. The molecule has 1 rings (SSSR count). The van der Waals surface area contributed by atoms with Gasteiger partial charge in [-0.05, 0) is 24.3 Å². The van der Waals surface area contributed by atoms with Crippen LogP contribution >= 0.6 is 0 Å². The number of hydrogen-bond donors (Lipinski definition) is 2. The summed E-state index contributed by atoms with van der Waals surface area (Å²) in [6.45, 7) is 4.45. The van der Waals surface area contributed by atoms with Crippen LogP contribution in [0.2, 0.25) is 0 Å². The molecule has 0 aliphatic rings. The molecule has 0 saturated heterocycles. The SMILES string of the molecule is CC[C@@H](C)[C@H](NC(=O)NCCCc1ccccc1)C(=O)OC. The van der Waals surface area contributed by atoms with Crippen LogP contribution in [0.1, 0.15) is 32.3 Å². The van der Waals surface area contributed by atoms with Crippen molar-refractivity contribution in [1.82, 2.24) is 10.6 Å². The van der Waals surface area contributed by atoms with E-state index in [4.69, 9.17) is 4.74 Å². The zero-order chi connectivity index (χ0) is 16.4. The molecule has 22 heavy (non-hydrogen) atoms. The number of amides is 2. The fourth-order valence-corrected chi connectivity index (χ4v) is 2.13. The van der Waals surface area contributed by atoms with Crippen molar-refractivity contribution in [1.29, 1.82) is 0 Å². The van der Waals surface area contributed by atoms with Gasteiger partial charge in [-0.1, -0.05) is 50.6 Å². The molecule has 5 nitrogen and oxygen atoms in total. The van der Waals surface area contributed by atoms with Crippen molar-refractivity contribution >= 4 is 12.0 Å². The van der Waals surface area contributed by atoms with Crippen LogP contribution in [0, 0.1) is 5.92 Å². The molecule has 0 radical (unpaired) electrons. The van der Waals surface area contributed by atoms with Gasteiger partial charge in [0.25, 0.3) is 0 Å². The lowest BCUT2D eigenvalue weighted by Crippen LogP contribution is -2.49. The highest BCUT2D eigenvalue weighted by Gasteiger charge is 2.26. The molecule has 5 heteroatoms. The van der Waals surface area contributed by atoms with E-state index in [9.17, 15) is 9.59 Å². The summed E-state index contributed by atoms with van der Waals surface area (Å²) in [6, 6.07) is 9.18. The first-order chi connectivity index (χ1) is 10.6. The molecule has 1 aromatic rings. The average Bonchev–Trinajstić information content (AvgIpc) is 2.56. The van der Waals surface area contributed by atoms with Gasteiger partial charge in [0, 0.05) is 6.54 Å². The van der Waals surface area contributed by atoms with E-state index in [1.54, 1.807) is 0 Å². The van der Waals surface area contributed by atoms with E-state index in [-0.39, 0.29) is 11.9 Å². The topological polar surface area (TPSA) is 67.4 Å². The fraction of sp³-hybridized carbons (Fsp3) is 0.529. The molecule has 0 fully saturated rings. The third kappa shape index (κ3) is 6.16. The summed E-state index contributed by atoms with van der Waals surface area (Å²) in [6.07, 6.45) is 2.55. The van der Waals surface area contributed by atoms with E-state index in [1.807, 2.05) is 32.0 Å². The van der Waals surface area contributed by atoms with Gasteiger partial charge in [-0.25, -0.2) is 9.59 Å². The summed E-state index contributed by atoms with van der Waals surface area (Å²) in [5, 5.41) is 5.48. The maximum atomic E-state index is 11.9. The average molecular weight is 306 g/mol. The number of benzene rings is 1. The molecule has 0 spiro atoms. The van der Waals surface area contributed by atoms with Gasteiger partial charge < -0.3 is 15.4 Å². The Labute approximate surface area is 132 Å². The second-order valence-electron chi connectivity index (χ2n) is 5.38. The van der Waals surface area contributed by atoms with E-state index < -0.39 is 12.0 Å². The molecule has 2 atom stereocenters. The monoisotopic (exact) mass is 306 g/mol. The minimum atomic E-state index is -0.607. The van der Waals surface area contributed by atoms with Gasteiger partial charge in [-0.2, -0.15) is 0 Å². The first kappa shape index (κ1) is 18.0. The van der Waals surface area contributed by atoms with Crippen molar-refractivity contribution in [2.75, 3.05) is 13.7 Å². The Hall–Kier alpha value is -2.04. The summed E-state index contributed by atoms with van der Waals surface area (Å²) in [4.78, 5) is 23.6. The zero-order valence-electron chi connectivity index (χ0n) is 13.6. The van der Waals surface area contributed by atoms with Crippen LogP contribution in [-0.4, -0.2) is 31.7 Å². The van der Waals surface area contributed by atoms with Gasteiger partial charge in [-0.3, -0.25) is 0 Å². The van der Waals surface area contributed by atoms with E-state index >= 15 is 0 Å². The van der Waals surface area contributed by atoms with E-state index in [2.05, 4.69) is 22.8 Å². The second-order valence-corrected chi connectivity index (χ2v) is 5.38. The molecule has 1 aromatic carbocycles. The van der Waals surface area contributed by atoms with Crippen molar-refractivity contribution in [2.24, 2.45) is 5.92 Å². The number of carbonyl (C=O) groups is 2. The molecule has 0 aromatic heterocycles. The normalized spacial score (nSPS) is 13.0.